The number of carbonyl (C=O) groups is 2. The molecule has 8 heteroatoms. The molecular weight excluding hydrogens is 402 g/mol. The quantitative estimate of drug-likeness (QED) is 0.788. The van der Waals surface area contributed by atoms with E-state index < -0.39 is 6.04 Å². The summed E-state index contributed by atoms with van der Waals surface area (Å²) >= 11 is 5.88. The summed E-state index contributed by atoms with van der Waals surface area (Å²) in [6.07, 6.45) is 0.0386. The Morgan fingerprint density at radius 3 is 2.47 bits per heavy atom. The van der Waals surface area contributed by atoms with Crippen molar-refractivity contribution in [3.8, 4) is 0 Å². The monoisotopic (exact) mass is 425 g/mol. The van der Waals surface area contributed by atoms with E-state index in [1.165, 1.54) is 5.56 Å². The van der Waals surface area contributed by atoms with Gasteiger partial charge in [-0.3, -0.25) is 19.8 Å². The molecule has 4 rings (SSSR count). The van der Waals surface area contributed by atoms with Gasteiger partial charge in [0.25, 0.3) is 0 Å². The summed E-state index contributed by atoms with van der Waals surface area (Å²) in [6.45, 7) is 4.13. The second-order valence-electron chi connectivity index (χ2n) is 7.47. The highest BCUT2D eigenvalue weighted by Gasteiger charge is 2.30. The summed E-state index contributed by atoms with van der Waals surface area (Å²) < 4.78 is 0. The van der Waals surface area contributed by atoms with Gasteiger partial charge in [0, 0.05) is 43.4 Å². The summed E-state index contributed by atoms with van der Waals surface area (Å²) in [5, 5.41) is 6.23. The zero-order valence-electron chi connectivity index (χ0n) is 16.6. The van der Waals surface area contributed by atoms with Gasteiger partial charge in [0.15, 0.2) is 0 Å². The molecule has 2 N–H and O–H groups in total. The predicted octanol–water partition coefficient (Wildman–Crippen LogP) is 2.34. The number of nitrogens with zero attached hydrogens (tertiary/aromatic N) is 3. The Hall–Kier alpha value is -2.90. The fourth-order valence-electron chi connectivity index (χ4n) is 3.61. The van der Waals surface area contributed by atoms with Crippen LogP contribution in [0.1, 0.15) is 12.0 Å². The van der Waals surface area contributed by atoms with Gasteiger partial charge in [-0.1, -0.05) is 41.9 Å². The van der Waals surface area contributed by atoms with E-state index in [2.05, 4.69) is 32.7 Å². The molecule has 0 aromatic heterocycles. The van der Waals surface area contributed by atoms with Gasteiger partial charge in [-0.2, -0.15) is 0 Å². The predicted molar refractivity (Wildman–Crippen MR) is 117 cm³/mol. The van der Waals surface area contributed by atoms with Gasteiger partial charge in [-0.25, -0.2) is 4.99 Å². The van der Waals surface area contributed by atoms with E-state index in [1.807, 2.05) is 23.1 Å². The number of halogens is 1. The molecule has 1 fully saturated rings. The van der Waals surface area contributed by atoms with Gasteiger partial charge in [0.2, 0.25) is 17.8 Å². The standard InChI is InChI=1S/C22H24ClN5O2/c23-17-6-8-18(9-7-17)24-21(30)19-14-20(29)26-22(25-19)28-12-10-27(11-13-28)15-16-4-2-1-3-5-16/h1-9,19H,10-15H2,(H,24,30)(H,25,26,29)/t19-/m1/s1. The van der Waals surface area contributed by atoms with Crippen LogP contribution in [0.3, 0.4) is 0 Å². The average Bonchev–Trinajstić information content (AvgIpc) is 2.76. The minimum atomic E-state index is -0.744. The molecule has 1 atom stereocenters. The van der Waals surface area contributed by atoms with E-state index in [9.17, 15) is 9.59 Å². The lowest BCUT2D eigenvalue weighted by molar-refractivity contribution is -0.125. The first kappa shape index (κ1) is 20.4. The van der Waals surface area contributed by atoms with Crippen molar-refractivity contribution < 1.29 is 9.59 Å². The Morgan fingerprint density at radius 1 is 1.07 bits per heavy atom. The van der Waals surface area contributed by atoms with Crippen molar-refractivity contribution >= 4 is 35.1 Å². The van der Waals surface area contributed by atoms with Crippen molar-refractivity contribution in [2.45, 2.75) is 19.0 Å². The van der Waals surface area contributed by atoms with Crippen LogP contribution in [0.15, 0.2) is 59.6 Å². The van der Waals surface area contributed by atoms with Crippen molar-refractivity contribution in [1.29, 1.82) is 0 Å². The molecule has 1 saturated heterocycles. The molecule has 2 aromatic rings. The lowest BCUT2D eigenvalue weighted by atomic mass is 10.1. The number of piperazine rings is 1. The molecule has 30 heavy (non-hydrogen) atoms. The minimum Gasteiger partial charge on any atom is -0.340 e. The summed E-state index contributed by atoms with van der Waals surface area (Å²) in [7, 11) is 0. The van der Waals surface area contributed by atoms with Crippen molar-refractivity contribution in [1.82, 2.24) is 15.1 Å². The van der Waals surface area contributed by atoms with Crippen LogP contribution in [0.25, 0.3) is 0 Å². The van der Waals surface area contributed by atoms with E-state index in [1.54, 1.807) is 24.3 Å². The third-order valence-electron chi connectivity index (χ3n) is 5.24. The SMILES string of the molecule is O=C1C[C@H](C(=O)Nc2ccc(Cl)cc2)N=C(N2CCN(Cc3ccccc3)CC2)N1. The Kier molecular flexibility index (Phi) is 6.30. The second kappa shape index (κ2) is 9.28. The summed E-state index contributed by atoms with van der Waals surface area (Å²) in [5.41, 5.74) is 1.91. The largest absolute Gasteiger partial charge is 0.340 e. The van der Waals surface area contributed by atoms with Crippen molar-refractivity contribution in [2.24, 2.45) is 4.99 Å². The Bertz CT molecular complexity index is 924. The molecule has 156 valence electrons. The smallest absolute Gasteiger partial charge is 0.249 e. The third-order valence-corrected chi connectivity index (χ3v) is 5.50. The number of benzene rings is 2. The summed E-state index contributed by atoms with van der Waals surface area (Å²) in [4.78, 5) is 33.8. The van der Waals surface area contributed by atoms with E-state index >= 15 is 0 Å². The van der Waals surface area contributed by atoms with Gasteiger partial charge in [0.05, 0.1) is 6.42 Å². The normalized spacial score (nSPS) is 19.8. The van der Waals surface area contributed by atoms with Gasteiger partial charge in [-0.05, 0) is 29.8 Å². The van der Waals surface area contributed by atoms with Crippen LogP contribution < -0.4 is 10.6 Å². The highest BCUT2D eigenvalue weighted by molar-refractivity contribution is 6.30. The maximum absolute atomic E-state index is 12.6. The van der Waals surface area contributed by atoms with Crippen LogP contribution in [0, 0.1) is 0 Å². The molecule has 2 aromatic carbocycles. The molecule has 0 aliphatic carbocycles. The number of rotatable bonds is 4. The van der Waals surface area contributed by atoms with Crippen LogP contribution in [0.2, 0.25) is 5.02 Å². The van der Waals surface area contributed by atoms with Gasteiger partial charge in [-0.15, -0.1) is 0 Å². The highest BCUT2D eigenvalue weighted by atomic mass is 35.5. The summed E-state index contributed by atoms with van der Waals surface area (Å²) in [6, 6.07) is 16.5. The number of amides is 2. The highest BCUT2D eigenvalue weighted by Crippen LogP contribution is 2.16. The number of hydrogen-bond acceptors (Lipinski definition) is 5. The first-order valence-corrected chi connectivity index (χ1v) is 10.4. The zero-order valence-corrected chi connectivity index (χ0v) is 17.3. The van der Waals surface area contributed by atoms with E-state index in [0.29, 0.717) is 16.7 Å². The lowest BCUT2D eigenvalue weighted by Gasteiger charge is -2.37. The van der Waals surface area contributed by atoms with E-state index in [-0.39, 0.29) is 18.2 Å². The molecule has 0 radical (unpaired) electrons. The van der Waals surface area contributed by atoms with Crippen molar-refractivity contribution in [2.75, 3.05) is 31.5 Å². The molecule has 7 nitrogen and oxygen atoms in total. The first-order chi connectivity index (χ1) is 14.6. The van der Waals surface area contributed by atoms with Crippen LogP contribution in [-0.2, 0) is 16.1 Å². The summed E-state index contributed by atoms with van der Waals surface area (Å²) in [5.74, 6) is -0.00257. The van der Waals surface area contributed by atoms with Gasteiger partial charge in [0.1, 0.15) is 6.04 Å². The van der Waals surface area contributed by atoms with Crippen LogP contribution in [0.5, 0.6) is 0 Å². The number of guanidine groups is 1. The number of hydrogen-bond donors (Lipinski definition) is 2. The van der Waals surface area contributed by atoms with Gasteiger partial charge < -0.3 is 10.2 Å². The van der Waals surface area contributed by atoms with Crippen LogP contribution >= 0.6 is 11.6 Å². The number of nitrogens with one attached hydrogen (secondary N) is 2. The van der Waals surface area contributed by atoms with Crippen LogP contribution in [-0.4, -0.2) is 59.8 Å². The Balaban J connectivity index is 1.36. The van der Waals surface area contributed by atoms with E-state index in [4.69, 9.17) is 11.6 Å². The van der Waals surface area contributed by atoms with E-state index in [0.717, 1.165) is 32.7 Å². The molecule has 2 aliphatic heterocycles. The maximum Gasteiger partial charge on any atom is 0.249 e. The molecule has 2 aliphatic rings. The molecule has 0 saturated carbocycles. The Labute approximate surface area is 180 Å². The molecule has 2 heterocycles. The number of carbonyl (C=O) groups excluding carboxylic acids is 2. The first-order valence-electron chi connectivity index (χ1n) is 10.0. The molecule has 2 amide bonds. The average molecular weight is 426 g/mol. The van der Waals surface area contributed by atoms with Crippen molar-refractivity contribution in [3.63, 3.8) is 0 Å². The number of aliphatic imine (C=N–C) groups is 1. The van der Waals surface area contributed by atoms with Crippen LogP contribution in [0.4, 0.5) is 5.69 Å². The second-order valence-corrected chi connectivity index (χ2v) is 7.90. The number of anilines is 1. The van der Waals surface area contributed by atoms with Gasteiger partial charge >= 0.3 is 0 Å². The topological polar surface area (TPSA) is 77.0 Å². The molecule has 0 unspecified atom stereocenters. The zero-order chi connectivity index (χ0) is 20.9. The fraction of sp³-hybridized carbons (Fsp3) is 0.318. The molecular formula is C22H24ClN5O2. The molecule has 0 bridgehead atoms. The minimum absolute atomic E-state index is 0.0386. The third kappa shape index (κ3) is 5.17. The maximum atomic E-state index is 12.6. The molecule has 0 spiro atoms. The Morgan fingerprint density at radius 2 is 1.77 bits per heavy atom. The van der Waals surface area contributed by atoms with Crippen molar-refractivity contribution in [3.05, 3.63) is 65.2 Å². The lowest BCUT2D eigenvalue weighted by Crippen LogP contribution is -2.56. The fourth-order valence-corrected chi connectivity index (χ4v) is 3.73.